The van der Waals surface area contributed by atoms with Crippen molar-refractivity contribution >= 4 is 16.6 Å². The molecule has 6 heteroatoms. The number of benzene rings is 3. The number of allylic oxidation sites excluding steroid dienone is 1. The summed E-state index contributed by atoms with van der Waals surface area (Å²) in [6, 6.07) is 21.5. The van der Waals surface area contributed by atoms with Crippen molar-refractivity contribution in [2.24, 2.45) is 0 Å². The summed E-state index contributed by atoms with van der Waals surface area (Å²) in [4.78, 5) is 5.04. The Morgan fingerprint density at radius 3 is 2.70 bits per heavy atom. The van der Waals surface area contributed by atoms with Crippen LogP contribution in [-0.4, -0.2) is 19.7 Å². The standard InChI is InChI=1S/C31H27N5O/c1-3-6-29-34-30-20(2)15-24(31-35-33-19-37-31)17-28(30)36(29)18-21-9-12-26-23(16-21)11-10-22-7-4-5-8-25(22)27(26)13-14-32/h4-5,7-9,12-13,15-17,19H,3,6,10-11,18H2,1-2H3. The molecule has 1 aliphatic rings. The van der Waals surface area contributed by atoms with E-state index < -0.39 is 0 Å². The summed E-state index contributed by atoms with van der Waals surface area (Å²) in [5.41, 5.74) is 11.2. The van der Waals surface area contributed by atoms with Gasteiger partial charge in [-0.1, -0.05) is 49.4 Å². The van der Waals surface area contributed by atoms with E-state index in [0.717, 1.165) is 76.9 Å². The normalized spacial score (nSPS) is 13.8. The fourth-order valence-electron chi connectivity index (χ4n) is 5.49. The Kier molecular flexibility index (Phi) is 5.90. The molecule has 0 saturated heterocycles. The third-order valence-electron chi connectivity index (χ3n) is 7.18. The summed E-state index contributed by atoms with van der Waals surface area (Å²) in [5, 5.41) is 17.5. The lowest BCUT2D eigenvalue weighted by Crippen LogP contribution is -2.06. The van der Waals surface area contributed by atoms with Crippen LogP contribution >= 0.6 is 0 Å². The molecule has 0 spiro atoms. The lowest BCUT2D eigenvalue weighted by Gasteiger charge is -2.14. The summed E-state index contributed by atoms with van der Waals surface area (Å²) in [6.45, 7) is 4.98. The van der Waals surface area contributed by atoms with Gasteiger partial charge in [0.2, 0.25) is 12.3 Å². The second kappa shape index (κ2) is 9.51. The first-order chi connectivity index (χ1) is 18.2. The van der Waals surface area contributed by atoms with Gasteiger partial charge in [0.25, 0.3) is 0 Å². The summed E-state index contributed by atoms with van der Waals surface area (Å²) in [5.74, 6) is 1.59. The molecule has 2 heterocycles. The Bertz CT molecular complexity index is 1690. The minimum Gasteiger partial charge on any atom is -0.423 e. The van der Waals surface area contributed by atoms with Crippen molar-refractivity contribution in [2.45, 2.75) is 46.1 Å². The molecular weight excluding hydrogens is 458 g/mol. The number of hydrogen-bond donors (Lipinski definition) is 0. The molecule has 0 aliphatic heterocycles. The van der Waals surface area contributed by atoms with Crippen LogP contribution in [0.5, 0.6) is 0 Å². The number of aromatic nitrogens is 4. The Labute approximate surface area is 215 Å². The van der Waals surface area contributed by atoms with Gasteiger partial charge in [-0.3, -0.25) is 0 Å². The van der Waals surface area contributed by atoms with E-state index in [2.05, 4.69) is 83.2 Å². The molecule has 0 saturated carbocycles. The van der Waals surface area contributed by atoms with Crippen molar-refractivity contribution in [3.63, 3.8) is 0 Å². The first-order valence-corrected chi connectivity index (χ1v) is 12.7. The van der Waals surface area contributed by atoms with E-state index in [-0.39, 0.29) is 0 Å². The minimum absolute atomic E-state index is 0.510. The van der Waals surface area contributed by atoms with E-state index in [0.29, 0.717) is 5.89 Å². The topological polar surface area (TPSA) is 80.5 Å². The summed E-state index contributed by atoms with van der Waals surface area (Å²) >= 11 is 0. The average Bonchev–Trinajstić information content (AvgIpc) is 3.53. The third kappa shape index (κ3) is 4.13. The quantitative estimate of drug-likeness (QED) is 0.267. The first kappa shape index (κ1) is 22.9. The van der Waals surface area contributed by atoms with Gasteiger partial charge in [-0.25, -0.2) is 4.98 Å². The molecule has 0 N–H and O–H groups in total. The van der Waals surface area contributed by atoms with Crippen molar-refractivity contribution in [3.05, 3.63) is 106 Å². The van der Waals surface area contributed by atoms with Gasteiger partial charge < -0.3 is 8.98 Å². The maximum atomic E-state index is 9.53. The monoisotopic (exact) mass is 485 g/mol. The molecule has 0 bridgehead atoms. The smallest absolute Gasteiger partial charge is 0.247 e. The molecule has 0 amide bonds. The number of rotatable bonds is 5. The van der Waals surface area contributed by atoms with Crippen LogP contribution in [0.15, 0.2) is 71.5 Å². The molecule has 6 rings (SSSR count). The van der Waals surface area contributed by atoms with Gasteiger partial charge in [-0.2, -0.15) is 5.26 Å². The van der Waals surface area contributed by atoms with Crippen LogP contribution in [0, 0.1) is 18.3 Å². The highest BCUT2D eigenvalue weighted by Gasteiger charge is 2.20. The van der Waals surface area contributed by atoms with Crippen molar-refractivity contribution in [1.29, 1.82) is 5.26 Å². The van der Waals surface area contributed by atoms with E-state index in [1.165, 1.54) is 23.1 Å². The van der Waals surface area contributed by atoms with Crippen LogP contribution in [0.2, 0.25) is 0 Å². The zero-order chi connectivity index (χ0) is 25.4. The van der Waals surface area contributed by atoms with Gasteiger partial charge in [-0.15, -0.1) is 10.2 Å². The van der Waals surface area contributed by atoms with Crippen molar-refractivity contribution in [2.75, 3.05) is 0 Å². The maximum Gasteiger partial charge on any atom is 0.247 e. The van der Waals surface area contributed by atoms with Gasteiger partial charge in [0, 0.05) is 24.6 Å². The maximum absolute atomic E-state index is 9.53. The second-order valence-corrected chi connectivity index (χ2v) is 9.60. The second-order valence-electron chi connectivity index (χ2n) is 9.60. The van der Waals surface area contributed by atoms with Crippen LogP contribution in [0.1, 0.15) is 52.5 Å². The molecule has 5 aromatic rings. The van der Waals surface area contributed by atoms with Crippen molar-refractivity contribution in [3.8, 4) is 17.5 Å². The fraction of sp³-hybridized carbons (Fsp3) is 0.226. The lowest BCUT2D eigenvalue weighted by molar-refractivity contribution is 0.568. The minimum atomic E-state index is 0.510. The van der Waals surface area contributed by atoms with E-state index >= 15 is 0 Å². The van der Waals surface area contributed by atoms with E-state index in [4.69, 9.17) is 9.40 Å². The molecule has 3 aromatic carbocycles. The summed E-state index contributed by atoms with van der Waals surface area (Å²) in [6.07, 6.45) is 6.86. The fourth-order valence-corrected chi connectivity index (χ4v) is 5.49. The third-order valence-corrected chi connectivity index (χ3v) is 7.18. The predicted molar refractivity (Wildman–Crippen MR) is 144 cm³/mol. The largest absolute Gasteiger partial charge is 0.423 e. The Balaban J connectivity index is 1.44. The highest BCUT2D eigenvalue weighted by Crippen LogP contribution is 2.34. The number of nitriles is 1. The molecule has 6 nitrogen and oxygen atoms in total. The molecule has 0 radical (unpaired) electrons. The van der Waals surface area contributed by atoms with Gasteiger partial charge in [-0.05, 0) is 77.3 Å². The van der Waals surface area contributed by atoms with Crippen LogP contribution in [0.3, 0.4) is 0 Å². The SMILES string of the molecule is CCCc1nc2c(C)cc(-c3nnco3)cc2n1Cc1ccc2c(c1)CCc1ccccc1C2=CC#N. The Morgan fingerprint density at radius 1 is 1.05 bits per heavy atom. The molecule has 2 aromatic heterocycles. The molecule has 0 fully saturated rings. The number of hydrogen-bond acceptors (Lipinski definition) is 5. The van der Waals surface area contributed by atoms with E-state index in [1.807, 2.05) is 6.07 Å². The Morgan fingerprint density at radius 2 is 1.89 bits per heavy atom. The lowest BCUT2D eigenvalue weighted by atomic mass is 9.93. The molecule has 182 valence electrons. The van der Waals surface area contributed by atoms with E-state index in [9.17, 15) is 5.26 Å². The predicted octanol–water partition coefficient (Wildman–Crippen LogP) is 6.45. The van der Waals surface area contributed by atoms with Gasteiger partial charge in [0.1, 0.15) is 5.82 Å². The highest BCUT2D eigenvalue weighted by molar-refractivity contribution is 5.86. The average molecular weight is 486 g/mol. The van der Waals surface area contributed by atoms with E-state index in [1.54, 1.807) is 6.08 Å². The highest BCUT2D eigenvalue weighted by atomic mass is 16.4. The van der Waals surface area contributed by atoms with Gasteiger partial charge in [0.05, 0.1) is 17.1 Å². The van der Waals surface area contributed by atoms with Crippen LogP contribution in [0.4, 0.5) is 0 Å². The zero-order valence-corrected chi connectivity index (χ0v) is 21.0. The molecule has 1 aliphatic carbocycles. The van der Waals surface area contributed by atoms with Crippen molar-refractivity contribution < 1.29 is 4.42 Å². The summed E-state index contributed by atoms with van der Waals surface area (Å²) < 4.78 is 7.81. The molecule has 0 unspecified atom stereocenters. The van der Waals surface area contributed by atoms with Crippen molar-refractivity contribution in [1.82, 2.24) is 19.7 Å². The number of nitrogens with zero attached hydrogens (tertiary/aromatic N) is 5. The van der Waals surface area contributed by atoms with Gasteiger partial charge in [0.15, 0.2) is 0 Å². The number of fused-ring (bicyclic) bond motifs is 3. The molecule has 0 atom stereocenters. The number of aryl methyl sites for hydroxylation is 4. The molecular formula is C31H27N5O. The van der Waals surface area contributed by atoms with Gasteiger partial charge >= 0.3 is 0 Å². The summed E-state index contributed by atoms with van der Waals surface area (Å²) in [7, 11) is 0. The zero-order valence-electron chi connectivity index (χ0n) is 21.0. The first-order valence-electron chi connectivity index (χ1n) is 12.7. The Hall–Kier alpha value is -4.50. The molecule has 37 heavy (non-hydrogen) atoms. The van der Waals surface area contributed by atoms with Crippen LogP contribution in [0.25, 0.3) is 28.1 Å². The van der Waals surface area contributed by atoms with Crippen LogP contribution in [-0.2, 0) is 25.8 Å². The number of imidazole rings is 1. The van der Waals surface area contributed by atoms with Crippen LogP contribution < -0.4 is 0 Å².